The number of nitrogens with zero attached hydrogens (tertiary/aromatic N) is 2. The van der Waals surface area contributed by atoms with Crippen molar-refractivity contribution < 1.29 is 4.74 Å². The van der Waals surface area contributed by atoms with Crippen LogP contribution in [0.3, 0.4) is 0 Å². The van der Waals surface area contributed by atoms with Crippen LogP contribution in [0.15, 0.2) is 18.5 Å². The predicted molar refractivity (Wildman–Crippen MR) is 61.4 cm³/mol. The number of rotatable bonds is 4. The van der Waals surface area contributed by atoms with Gasteiger partial charge in [0.1, 0.15) is 0 Å². The van der Waals surface area contributed by atoms with Crippen molar-refractivity contribution in [2.45, 2.75) is 13.0 Å². The molecule has 0 radical (unpaired) electrons. The van der Waals surface area contributed by atoms with Gasteiger partial charge in [0.2, 0.25) is 0 Å². The Morgan fingerprint density at radius 3 is 3.27 bits per heavy atom. The van der Waals surface area contributed by atoms with E-state index >= 15 is 0 Å². The van der Waals surface area contributed by atoms with E-state index in [1.54, 1.807) is 19.5 Å². The SMILES string of the molecule is COCCCn1c(=S)[nH]c2cnccc21. The summed E-state index contributed by atoms with van der Waals surface area (Å²) in [6, 6.07) is 1.97. The van der Waals surface area contributed by atoms with E-state index in [-0.39, 0.29) is 0 Å². The summed E-state index contributed by atoms with van der Waals surface area (Å²) in [6.07, 6.45) is 4.52. The number of ether oxygens (including phenoxy) is 1. The molecule has 0 saturated carbocycles. The molecule has 2 aromatic heterocycles. The molecule has 0 fully saturated rings. The molecule has 2 rings (SSSR count). The molecule has 0 aliphatic carbocycles. The van der Waals surface area contributed by atoms with Crippen LogP contribution in [0.4, 0.5) is 0 Å². The van der Waals surface area contributed by atoms with Gasteiger partial charge in [-0.15, -0.1) is 0 Å². The van der Waals surface area contributed by atoms with Crippen LogP contribution in [0.1, 0.15) is 6.42 Å². The molecular weight excluding hydrogens is 210 g/mol. The largest absolute Gasteiger partial charge is 0.385 e. The topological polar surface area (TPSA) is 42.8 Å². The summed E-state index contributed by atoms with van der Waals surface area (Å²) in [5.74, 6) is 0. The van der Waals surface area contributed by atoms with E-state index in [4.69, 9.17) is 17.0 Å². The number of hydrogen-bond donors (Lipinski definition) is 1. The molecule has 2 heterocycles. The van der Waals surface area contributed by atoms with E-state index in [1.807, 2.05) is 6.07 Å². The zero-order valence-corrected chi connectivity index (χ0v) is 9.38. The average Bonchev–Trinajstić information content (AvgIpc) is 2.56. The molecule has 80 valence electrons. The number of methoxy groups -OCH3 is 1. The predicted octanol–water partition coefficient (Wildman–Crippen LogP) is 2.13. The Hall–Kier alpha value is -1.20. The maximum Gasteiger partial charge on any atom is 0.178 e. The van der Waals surface area contributed by atoms with Crippen LogP contribution < -0.4 is 0 Å². The number of H-pyrrole nitrogens is 1. The number of pyridine rings is 1. The highest BCUT2D eigenvalue weighted by molar-refractivity contribution is 7.71. The summed E-state index contributed by atoms with van der Waals surface area (Å²) in [6.45, 7) is 1.62. The molecular formula is C10H13N3OS. The number of aryl methyl sites for hydroxylation is 1. The second-order valence-corrected chi connectivity index (χ2v) is 3.71. The molecule has 0 aliphatic heterocycles. The van der Waals surface area contributed by atoms with E-state index in [2.05, 4.69) is 14.5 Å². The van der Waals surface area contributed by atoms with Crippen molar-refractivity contribution in [1.82, 2.24) is 14.5 Å². The van der Waals surface area contributed by atoms with Crippen molar-refractivity contribution >= 4 is 23.3 Å². The van der Waals surface area contributed by atoms with E-state index < -0.39 is 0 Å². The summed E-state index contributed by atoms with van der Waals surface area (Å²) in [5, 5.41) is 0. The zero-order chi connectivity index (χ0) is 10.7. The van der Waals surface area contributed by atoms with Crippen LogP contribution in [0.25, 0.3) is 11.0 Å². The molecule has 15 heavy (non-hydrogen) atoms. The first-order valence-electron chi connectivity index (χ1n) is 4.84. The van der Waals surface area contributed by atoms with Gasteiger partial charge >= 0.3 is 0 Å². The molecule has 5 heteroatoms. The maximum atomic E-state index is 5.24. The third-order valence-electron chi connectivity index (χ3n) is 2.31. The third-order valence-corrected chi connectivity index (χ3v) is 2.63. The van der Waals surface area contributed by atoms with Gasteiger partial charge in [0.05, 0.1) is 17.2 Å². The van der Waals surface area contributed by atoms with Crippen molar-refractivity contribution in [2.75, 3.05) is 13.7 Å². The minimum Gasteiger partial charge on any atom is -0.385 e. The molecule has 4 nitrogen and oxygen atoms in total. The minimum absolute atomic E-state index is 0.745. The Morgan fingerprint density at radius 1 is 1.60 bits per heavy atom. The Morgan fingerprint density at radius 2 is 2.47 bits per heavy atom. The first-order chi connectivity index (χ1) is 7.33. The number of fused-ring (bicyclic) bond motifs is 1. The summed E-state index contributed by atoms with van der Waals surface area (Å²) >= 11 is 5.24. The number of aromatic amines is 1. The van der Waals surface area contributed by atoms with Gasteiger partial charge in [-0.1, -0.05) is 0 Å². The van der Waals surface area contributed by atoms with E-state index in [9.17, 15) is 0 Å². The van der Waals surface area contributed by atoms with Crippen molar-refractivity contribution in [2.24, 2.45) is 0 Å². The molecule has 0 aliphatic rings. The molecule has 2 aromatic rings. The van der Waals surface area contributed by atoms with Crippen LogP contribution in [0, 0.1) is 4.77 Å². The molecule has 0 amide bonds. The quantitative estimate of drug-likeness (QED) is 0.638. The van der Waals surface area contributed by atoms with E-state index in [0.717, 1.165) is 35.4 Å². The van der Waals surface area contributed by atoms with Gasteiger partial charge in [-0.25, -0.2) is 0 Å². The Kier molecular flexibility index (Phi) is 3.13. The van der Waals surface area contributed by atoms with Crippen molar-refractivity contribution in [3.8, 4) is 0 Å². The number of aromatic nitrogens is 3. The fraction of sp³-hybridized carbons (Fsp3) is 0.400. The van der Waals surface area contributed by atoms with Crippen LogP contribution in [0.5, 0.6) is 0 Å². The van der Waals surface area contributed by atoms with Gasteiger partial charge in [-0.2, -0.15) is 0 Å². The highest BCUT2D eigenvalue weighted by atomic mass is 32.1. The third kappa shape index (κ3) is 2.08. The normalized spacial score (nSPS) is 11.0. The van der Waals surface area contributed by atoms with Crippen LogP contribution in [-0.2, 0) is 11.3 Å². The second kappa shape index (κ2) is 4.55. The van der Waals surface area contributed by atoms with Gasteiger partial charge in [-0.3, -0.25) is 4.98 Å². The number of nitrogens with one attached hydrogen (secondary N) is 1. The van der Waals surface area contributed by atoms with Crippen LogP contribution in [-0.4, -0.2) is 28.3 Å². The monoisotopic (exact) mass is 223 g/mol. The van der Waals surface area contributed by atoms with Crippen molar-refractivity contribution in [3.05, 3.63) is 23.2 Å². The molecule has 0 unspecified atom stereocenters. The molecule has 0 bridgehead atoms. The van der Waals surface area contributed by atoms with Gasteiger partial charge in [0, 0.05) is 26.5 Å². The minimum atomic E-state index is 0.745. The number of hydrogen-bond acceptors (Lipinski definition) is 3. The molecule has 0 spiro atoms. The summed E-state index contributed by atoms with van der Waals surface area (Å²) < 4.78 is 7.84. The first kappa shape index (κ1) is 10.3. The van der Waals surface area contributed by atoms with Gasteiger partial charge in [-0.05, 0) is 24.7 Å². The van der Waals surface area contributed by atoms with E-state index in [1.165, 1.54) is 0 Å². The first-order valence-corrected chi connectivity index (χ1v) is 5.25. The molecule has 0 saturated heterocycles. The Balaban J connectivity index is 2.33. The van der Waals surface area contributed by atoms with E-state index in [0.29, 0.717) is 0 Å². The lowest BCUT2D eigenvalue weighted by Crippen LogP contribution is -2.01. The molecule has 1 N–H and O–H groups in total. The fourth-order valence-electron chi connectivity index (χ4n) is 1.60. The highest BCUT2D eigenvalue weighted by Gasteiger charge is 2.02. The Bertz CT molecular complexity index is 503. The fourth-order valence-corrected chi connectivity index (χ4v) is 1.90. The van der Waals surface area contributed by atoms with Gasteiger partial charge in [0.25, 0.3) is 0 Å². The average molecular weight is 223 g/mol. The van der Waals surface area contributed by atoms with Crippen LogP contribution >= 0.6 is 12.2 Å². The smallest absolute Gasteiger partial charge is 0.178 e. The lowest BCUT2D eigenvalue weighted by Gasteiger charge is -2.03. The second-order valence-electron chi connectivity index (χ2n) is 3.32. The van der Waals surface area contributed by atoms with Crippen LogP contribution in [0.2, 0.25) is 0 Å². The van der Waals surface area contributed by atoms with Gasteiger partial charge < -0.3 is 14.3 Å². The van der Waals surface area contributed by atoms with Crippen molar-refractivity contribution in [3.63, 3.8) is 0 Å². The number of imidazole rings is 1. The maximum absolute atomic E-state index is 5.24. The van der Waals surface area contributed by atoms with Crippen molar-refractivity contribution in [1.29, 1.82) is 0 Å². The molecule has 0 atom stereocenters. The lowest BCUT2D eigenvalue weighted by atomic mass is 10.4. The summed E-state index contributed by atoms with van der Waals surface area (Å²) in [7, 11) is 1.71. The Labute approximate surface area is 92.9 Å². The standard InChI is InChI=1S/C10H13N3OS/c1-14-6-2-5-13-9-3-4-11-7-8(9)12-10(13)15/h3-4,7H,2,5-6H2,1H3,(H,12,15). The molecule has 0 aromatic carbocycles. The van der Waals surface area contributed by atoms with Gasteiger partial charge in [0.15, 0.2) is 4.77 Å². The summed E-state index contributed by atoms with van der Waals surface area (Å²) in [4.78, 5) is 7.18. The lowest BCUT2D eigenvalue weighted by molar-refractivity contribution is 0.190. The highest BCUT2D eigenvalue weighted by Crippen LogP contribution is 2.12. The summed E-state index contributed by atoms with van der Waals surface area (Å²) in [5.41, 5.74) is 2.09. The zero-order valence-electron chi connectivity index (χ0n) is 8.56.